The van der Waals surface area contributed by atoms with E-state index in [4.69, 9.17) is 21.1 Å². The minimum absolute atomic E-state index is 0.0145. The molecule has 1 N–H and O–H groups in total. The lowest BCUT2D eigenvalue weighted by Gasteiger charge is -2.24. The number of rotatable bonds is 7. The zero-order valence-electron chi connectivity index (χ0n) is 17.2. The van der Waals surface area contributed by atoms with Crippen molar-refractivity contribution in [3.63, 3.8) is 0 Å². The van der Waals surface area contributed by atoms with Crippen molar-refractivity contribution in [1.29, 1.82) is 0 Å². The number of hydrogen-bond donors (Lipinski definition) is 1. The number of alkyl halides is 3. The first kappa shape index (κ1) is 23.9. The van der Waals surface area contributed by atoms with Crippen LogP contribution in [0.2, 0.25) is 5.02 Å². The minimum Gasteiger partial charge on any atom is -0.492 e. The summed E-state index contributed by atoms with van der Waals surface area (Å²) in [6, 6.07) is 3.99. The molecule has 0 unspecified atom stereocenters. The second-order valence-electron chi connectivity index (χ2n) is 7.55. The van der Waals surface area contributed by atoms with Crippen molar-refractivity contribution in [3.05, 3.63) is 45.2 Å². The van der Waals surface area contributed by atoms with Gasteiger partial charge in [-0.1, -0.05) is 25.4 Å². The van der Waals surface area contributed by atoms with E-state index >= 15 is 0 Å². The molecular weight excluding hydrogens is 455 g/mol. The molecule has 174 valence electrons. The van der Waals surface area contributed by atoms with Gasteiger partial charge in [0, 0.05) is 30.3 Å². The third kappa shape index (κ3) is 5.36. The number of aromatic nitrogens is 1. The Morgan fingerprint density at radius 3 is 2.66 bits per heavy atom. The maximum Gasteiger partial charge on any atom is 0.522 e. The van der Waals surface area contributed by atoms with Crippen LogP contribution in [0.25, 0.3) is 11.3 Å². The van der Waals surface area contributed by atoms with Crippen molar-refractivity contribution in [2.24, 2.45) is 5.92 Å². The molecular formula is C21H21ClF3NO6. The van der Waals surface area contributed by atoms with Crippen molar-refractivity contribution >= 4 is 17.6 Å². The van der Waals surface area contributed by atoms with Gasteiger partial charge in [0.05, 0.1) is 30.0 Å². The highest BCUT2D eigenvalue weighted by Gasteiger charge is 2.29. The number of benzene rings is 1. The minimum atomic E-state index is -4.70. The van der Waals surface area contributed by atoms with Gasteiger partial charge in [-0.15, -0.1) is 13.2 Å². The molecule has 1 aliphatic rings. The monoisotopic (exact) mass is 475 g/mol. The van der Waals surface area contributed by atoms with Crippen LogP contribution >= 0.6 is 11.6 Å². The van der Waals surface area contributed by atoms with E-state index in [0.717, 1.165) is 0 Å². The summed E-state index contributed by atoms with van der Waals surface area (Å²) in [5, 5.41) is 9.51. The molecule has 0 fully saturated rings. The van der Waals surface area contributed by atoms with E-state index in [0.29, 0.717) is 17.0 Å². The zero-order chi connectivity index (χ0) is 23.6. The third-order valence-electron chi connectivity index (χ3n) is 4.97. The van der Waals surface area contributed by atoms with Crippen molar-refractivity contribution in [3.8, 4) is 22.8 Å². The molecule has 0 saturated carbocycles. The number of aromatic carboxylic acids is 1. The molecule has 11 heteroatoms. The van der Waals surface area contributed by atoms with E-state index in [-0.39, 0.29) is 47.9 Å². The SMILES string of the molecule is CC(C)[C@@H]1COc2cc(OCCCOC(F)(F)F)c(Cl)cc2-c2cc(=O)c(C(=O)O)cn21. The maximum atomic E-state index is 12.4. The van der Waals surface area contributed by atoms with Gasteiger partial charge in [0.2, 0.25) is 0 Å². The summed E-state index contributed by atoms with van der Waals surface area (Å²) >= 11 is 6.31. The number of carboxylic acids is 1. The van der Waals surface area contributed by atoms with Crippen LogP contribution in [0.5, 0.6) is 11.5 Å². The Morgan fingerprint density at radius 2 is 2.03 bits per heavy atom. The maximum absolute atomic E-state index is 12.4. The summed E-state index contributed by atoms with van der Waals surface area (Å²) in [7, 11) is 0. The second-order valence-corrected chi connectivity index (χ2v) is 7.95. The highest BCUT2D eigenvalue weighted by atomic mass is 35.5. The fraction of sp³-hybridized carbons (Fsp3) is 0.429. The van der Waals surface area contributed by atoms with Gasteiger partial charge in [-0.2, -0.15) is 0 Å². The van der Waals surface area contributed by atoms with Crippen molar-refractivity contribution < 1.29 is 37.3 Å². The fourth-order valence-electron chi connectivity index (χ4n) is 3.36. The normalized spacial score (nSPS) is 15.5. The molecule has 1 aliphatic heterocycles. The van der Waals surface area contributed by atoms with Gasteiger partial charge in [-0.25, -0.2) is 4.79 Å². The number of carboxylic acid groups (broad SMARTS) is 1. The van der Waals surface area contributed by atoms with Gasteiger partial charge in [0.15, 0.2) is 5.43 Å². The lowest BCUT2D eigenvalue weighted by atomic mass is 10.0. The van der Waals surface area contributed by atoms with Crippen LogP contribution < -0.4 is 14.9 Å². The van der Waals surface area contributed by atoms with Gasteiger partial charge in [0.25, 0.3) is 0 Å². The van der Waals surface area contributed by atoms with E-state index in [1.165, 1.54) is 24.4 Å². The molecule has 0 aliphatic carbocycles. The Hall–Kier alpha value is -2.72. The van der Waals surface area contributed by atoms with Crippen LogP contribution in [0.1, 0.15) is 36.7 Å². The van der Waals surface area contributed by atoms with E-state index in [1.54, 1.807) is 4.57 Å². The Labute approximate surface area is 186 Å². The predicted octanol–water partition coefficient (Wildman–Crippen LogP) is 4.76. The van der Waals surface area contributed by atoms with E-state index in [9.17, 15) is 27.9 Å². The summed E-state index contributed by atoms with van der Waals surface area (Å²) in [6.07, 6.45) is -3.41. The van der Waals surface area contributed by atoms with Crippen LogP contribution in [0, 0.1) is 5.92 Å². The fourth-order valence-corrected chi connectivity index (χ4v) is 3.58. The number of nitrogens with zero attached hydrogens (tertiary/aromatic N) is 1. The molecule has 1 aromatic heterocycles. The molecule has 0 radical (unpaired) electrons. The predicted molar refractivity (Wildman–Crippen MR) is 110 cm³/mol. The van der Waals surface area contributed by atoms with Gasteiger partial charge in [-0.3, -0.25) is 9.53 Å². The molecule has 1 aromatic carbocycles. The molecule has 32 heavy (non-hydrogen) atoms. The first-order valence-corrected chi connectivity index (χ1v) is 10.2. The lowest BCUT2D eigenvalue weighted by Crippen LogP contribution is -2.25. The van der Waals surface area contributed by atoms with Crippen LogP contribution in [-0.2, 0) is 4.74 Å². The molecule has 3 rings (SSSR count). The molecule has 1 atom stereocenters. The third-order valence-corrected chi connectivity index (χ3v) is 5.26. The van der Waals surface area contributed by atoms with Crippen molar-refractivity contribution in [1.82, 2.24) is 4.57 Å². The van der Waals surface area contributed by atoms with Crippen molar-refractivity contribution in [2.75, 3.05) is 19.8 Å². The van der Waals surface area contributed by atoms with Crippen molar-refractivity contribution in [2.45, 2.75) is 32.7 Å². The second kappa shape index (κ2) is 9.41. The smallest absolute Gasteiger partial charge is 0.492 e. The Balaban J connectivity index is 1.93. The van der Waals surface area contributed by atoms with E-state index in [1.807, 2.05) is 13.8 Å². The number of carbonyl (C=O) groups is 1. The summed E-state index contributed by atoms with van der Waals surface area (Å²) in [6.45, 7) is 3.45. The van der Waals surface area contributed by atoms with Crippen LogP contribution in [0.3, 0.4) is 0 Å². The highest BCUT2D eigenvalue weighted by molar-refractivity contribution is 6.32. The van der Waals surface area contributed by atoms with Gasteiger partial charge < -0.3 is 19.1 Å². The summed E-state index contributed by atoms with van der Waals surface area (Å²) < 4.78 is 53.0. The Kier molecular flexibility index (Phi) is 7.04. The van der Waals surface area contributed by atoms with Crippen LogP contribution in [-0.4, -0.2) is 41.8 Å². The Morgan fingerprint density at radius 1 is 1.31 bits per heavy atom. The van der Waals surface area contributed by atoms with Crippen LogP contribution in [0.15, 0.2) is 29.2 Å². The number of ether oxygens (including phenoxy) is 3. The van der Waals surface area contributed by atoms with Gasteiger partial charge >= 0.3 is 12.3 Å². The van der Waals surface area contributed by atoms with Gasteiger partial charge in [-0.05, 0) is 12.0 Å². The lowest BCUT2D eigenvalue weighted by molar-refractivity contribution is -0.324. The van der Waals surface area contributed by atoms with Crippen LogP contribution in [0.4, 0.5) is 13.2 Å². The first-order valence-electron chi connectivity index (χ1n) is 9.77. The largest absolute Gasteiger partial charge is 0.522 e. The average Bonchev–Trinajstić information content (AvgIpc) is 2.82. The van der Waals surface area contributed by atoms with Gasteiger partial charge in [0.1, 0.15) is 23.7 Å². The number of pyridine rings is 1. The zero-order valence-corrected chi connectivity index (χ0v) is 18.0. The highest BCUT2D eigenvalue weighted by Crippen LogP contribution is 2.42. The summed E-state index contributed by atoms with van der Waals surface area (Å²) in [4.78, 5) is 23.8. The summed E-state index contributed by atoms with van der Waals surface area (Å²) in [5.41, 5.74) is -0.0895. The number of halogens is 4. The standard InChI is InChI=1S/C21H21ClF3NO6/c1-11(2)16-10-31-18-8-19(30-4-3-5-32-21(23,24)25)14(22)6-12(18)15-7-17(27)13(20(28)29)9-26(15)16/h6-9,11,16H,3-5,10H2,1-2H3,(H,28,29)/t16-/m0/s1. The Bertz CT molecular complexity index is 1070. The molecule has 0 amide bonds. The number of fused-ring (bicyclic) bond motifs is 3. The average molecular weight is 476 g/mol. The van der Waals surface area contributed by atoms with E-state index < -0.39 is 24.4 Å². The molecule has 2 heterocycles. The molecule has 0 saturated heterocycles. The topological polar surface area (TPSA) is 87.0 Å². The molecule has 7 nitrogen and oxygen atoms in total. The molecule has 2 aromatic rings. The quantitative estimate of drug-likeness (QED) is 0.581. The number of hydrogen-bond acceptors (Lipinski definition) is 5. The molecule has 0 spiro atoms. The first-order chi connectivity index (χ1) is 15.0. The molecule has 0 bridgehead atoms. The summed E-state index contributed by atoms with van der Waals surface area (Å²) in [5.74, 6) is -0.715. The van der Waals surface area contributed by atoms with E-state index in [2.05, 4.69) is 4.74 Å².